The van der Waals surface area contributed by atoms with E-state index < -0.39 is 0 Å². The highest BCUT2D eigenvalue weighted by atomic mass is 79.9. The van der Waals surface area contributed by atoms with Gasteiger partial charge in [0.2, 0.25) is 0 Å². The largest absolute Gasteiger partial charge is 0.271 e. The van der Waals surface area contributed by atoms with E-state index in [1.54, 1.807) is 0 Å². The molecule has 102 valence electrons. The molecular formula is C14H19BrN4. The average Bonchev–Trinajstić information content (AvgIpc) is 2.63. The van der Waals surface area contributed by atoms with E-state index in [1.165, 1.54) is 11.1 Å². The zero-order valence-electron chi connectivity index (χ0n) is 11.4. The fourth-order valence-electron chi connectivity index (χ4n) is 2.17. The van der Waals surface area contributed by atoms with Crippen molar-refractivity contribution in [3.8, 4) is 0 Å². The highest BCUT2D eigenvalue weighted by molar-refractivity contribution is 9.10. The third-order valence-corrected chi connectivity index (χ3v) is 4.37. The van der Waals surface area contributed by atoms with Crippen molar-refractivity contribution >= 4 is 15.9 Å². The summed E-state index contributed by atoms with van der Waals surface area (Å²) in [6.45, 7) is 4.07. The zero-order chi connectivity index (χ0) is 14.0. The van der Waals surface area contributed by atoms with Gasteiger partial charge in [-0.2, -0.15) is 5.10 Å². The van der Waals surface area contributed by atoms with Crippen molar-refractivity contribution in [1.82, 2.24) is 15.2 Å². The lowest BCUT2D eigenvalue weighted by molar-refractivity contribution is 0.529. The standard InChI is InChI=1S/C14H19BrN4/c1-9-4-6-11(7-5-9)12(17-16)8-13-14(15)10(2)18-19(13)3/h4-7,12,17H,8,16H2,1-3H3. The van der Waals surface area contributed by atoms with Gasteiger partial charge in [0.15, 0.2) is 0 Å². The Labute approximate surface area is 122 Å². The summed E-state index contributed by atoms with van der Waals surface area (Å²) in [6.07, 6.45) is 0.789. The number of benzene rings is 1. The van der Waals surface area contributed by atoms with Crippen LogP contribution in [0, 0.1) is 13.8 Å². The Morgan fingerprint density at radius 1 is 1.32 bits per heavy atom. The van der Waals surface area contributed by atoms with Crippen LogP contribution in [0.25, 0.3) is 0 Å². The second-order valence-corrected chi connectivity index (χ2v) is 5.60. The summed E-state index contributed by atoms with van der Waals surface area (Å²) in [5, 5.41) is 4.41. The molecule has 5 heteroatoms. The highest BCUT2D eigenvalue weighted by Gasteiger charge is 2.17. The molecule has 1 aromatic carbocycles. The first-order valence-electron chi connectivity index (χ1n) is 6.23. The molecule has 0 aliphatic rings. The Balaban J connectivity index is 2.26. The molecule has 0 saturated heterocycles. The number of rotatable bonds is 4. The smallest absolute Gasteiger partial charge is 0.0738 e. The molecule has 4 nitrogen and oxygen atoms in total. The fraction of sp³-hybridized carbons (Fsp3) is 0.357. The van der Waals surface area contributed by atoms with Gasteiger partial charge in [-0.15, -0.1) is 0 Å². The Morgan fingerprint density at radius 3 is 2.42 bits per heavy atom. The van der Waals surface area contributed by atoms with E-state index in [2.05, 4.69) is 57.6 Å². The molecule has 19 heavy (non-hydrogen) atoms. The topological polar surface area (TPSA) is 55.9 Å². The van der Waals surface area contributed by atoms with Crippen LogP contribution in [0.15, 0.2) is 28.7 Å². The SMILES string of the molecule is Cc1ccc(C(Cc2c(Br)c(C)nn2C)NN)cc1. The predicted octanol–water partition coefficient (Wildman–Crippen LogP) is 2.55. The van der Waals surface area contributed by atoms with Crippen molar-refractivity contribution in [3.63, 3.8) is 0 Å². The molecule has 0 fully saturated rings. The van der Waals surface area contributed by atoms with Gasteiger partial charge in [0.05, 0.1) is 21.9 Å². The van der Waals surface area contributed by atoms with E-state index in [9.17, 15) is 0 Å². The number of aromatic nitrogens is 2. The number of hydrogen-bond acceptors (Lipinski definition) is 3. The van der Waals surface area contributed by atoms with Crippen LogP contribution in [0.2, 0.25) is 0 Å². The van der Waals surface area contributed by atoms with Gasteiger partial charge < -0.3 is 0 Å². The van der Waals surface area contributed by atoms with Crippen LogP contribution in [0.5, 0.6) is 0 Å². The minimum atomic E-state index is 0.0756. The number of nitrogens with one attached hydrogen (secondary N) is 1. The van der Waals surface area contributed by atoms with Gasteiger partial charge >= 0.3 is 0 Å². The Hall–Kier alpha value is -1.17. The summed E-state index contributed by atoms with van der Waals surface area (Å²) in [7, 11) is 1.95. The normalized spacial score (nSPS) is 12.7. The number of nitrogens with zero attached hydrogens (tertiary/aromatic N) is 2. The van der Waals surface area contributed by atoms with Crippen molar-refractivity contribution in [2.75, 3.05) is 0 Å². The maximum atomic E-state index is 5.70. The van der Waals surface area contributed by atoms with Gasteiger partial charge in [-0.05, 0) is 35.3 Å². The van der Waals surface area contributed by atoms with Crippen molar-refractivity contribution in [3.05, 3.63) is 51.3 Å². The second-order valence-electron chi connectivity index (χ2n) is 4.80. The van der Waals surface area contributed by atoms with Crippen LogP contribution in [0.3, 0.4) is 0 Å². The van der Waals surface area contributed by atoms with E-state index in [0.717, 1.165) is 22.3 Å². The molecule has 3 N–H and O–H groups in total. The Kier molecular flexibility index (Phi) is 4.39. The van der Waals surface area contributed by atoms with Crippen LogP contribution < -0.4 is 11.3 Å². The van der Waals surface area contributed by atoms with Gasteiger partial charge in [0.25, 0.3) is 0 Å². The van der Waals surface area contributed by atoms with Crippen LogP contribution in [-0.2, 0) is 13.5 Å². The first-order chi connectivity index (χ1) is 9.02. The number of hydrogen-bond donors (Lipinski definition) is 2. The van der Waals surface area contributed by atoms with Crippen molar-refractivity contribution in [2.45, 2.75) is 26.3 Å². The third kappa shape index (κ3) is 3.05. The minimum absolute atomic E-state index is 0.0756. The molecule has 0 amide bonds. The van der Waals surface area contributed by atoms with Crippen molar-refractivity contribution in [2.24, 2.45) is 12.9 Å². The molecule has 0 radical (unpaired) electrons. The minimum Gasteiger partial charge on any atom is -0.271 e. The molecule has 1 aromatic heterocycles. The number of hydrazine groups is 1. The van der Waals surface area contributed by atoms with Crippen LogP contribution in [-0.4, -0.2) is 9.78 Å². The summed E-state index contributed by atoms with van der Waals surface area (Å²) < 4.78 is 2.96. The van der Waals surface area contributed by atoms with E-state index in [4.69, 9.17) is 5.84 Å². The van der Waals surface area contributed by atoms with Gasteiger partial charge in [0, 0.05) is 13.5 Å². The molecule has 2 aromatic rings. The summed E-state index contributed by atoms with van der Waals surface area (Å²) in [6, 6.07) is 8.49. The lowest BCUT2D eigenvalue weighted by atomic mass is 10.0. The van der Waals surface area contributed by atoms with Gasteiger partial charge in [-0.3, -0.25) is 16.0 Å². The Morgan fingerprint density at radius 2 is 1.95 bits per heavy atom. The van der Waals surface area contributed by atoms with Crippen molar-refractivity contribution in [1.29, 1.82) is 0 Å². The summed E-state index contributed by atoms with van der Waals surface area (Å²) in [5.74, 6) is 5.70. The molecule has 0 aliphatic carbocycles. The van der Waals surface area contributed by atoms with E-state index >= 15 is 0 Å². The molecular weight excluding hydrogens is 304 g/mol. The molecule has 0 spiro atoms. The molecule has 2 rings (SSSR count). The molecule has 0 saturated carbocycles. The molecule has 1 atom stereocenters. The molecule has 1 unspecified atom stereocenters. The van der Waals surface area contributed by atoms with Crippen LogP contribution in [0.1, 0.15) is 28.6 Å². The third-order valence-electron chi connectivity index (χ3n) is 3.34. The number of nitrogens with two attached hydrogens (primary N) is 1. The van der Waals surface area contributed by atoms with Gasteiger partial charge in [-0.1, -0.05) is 29.8 Å². The zero-order valence-corrected chi connectivity index (χ0v) is 13.0. The quantitative estimate of drug-likeness (QED) is 0.672. The summed E-state index contributed by atoms with van der Waals surface area (Å²) in [4.78, 5) is 0. The lowest BCUT2D eigenvalue weighted by Gasteiger charge is -2.17. The van der Waals surface area contributed by atoms with E-state index in [1.807, 2.05) is 18.7 Å². The first-order valence-corrected chi connectivity index (χ1v) is 7.03. The maximum Gasteiger partial charge on any atom is 0.0738 e. The predicted molar refractivity (Wildman–Crippen MR) is 80.6 cm³/mol. The summed E-state index contributed by atoms with van der Waals surface area (Å²) in [5.41, 5.74) is 7.45. The van der Waals surface area contributed by atoms with Crippen LogP contribution >= 0.6 is 15.9 Å². The summed E-state index contributed by atoms with van der Waals surface area (Å²) >= 11 is 3.59. The van der Waals surface area contributed by atoms with Gasteiger partial charge in [-0.25, -0.2) is 0 Å². The van der Waals surface area contributed by atoms with Crippen molar-refractivity contribution < 1.29 is 0 Å². The average molecular weight is 323 g/mol. The van der Waals surface area contributed by atoms with E-state index in [0.29, 0.717) is 0 Å². The Bertz CT molecular complexity index is 560. The second kappa shape index (κ2) is 5.86. The lowest BCUT2D eigenvalue weighted by Crippen LogP contribution is -2.30. The molecule has 0 aliphatic heterocycles. The highest BCUT2D eigenvalue weighted by Crippen LogP contribution is 2.25. The van der Waals surface area contributed by atoms with Crippen LogP contribution in [0.4, 0.5) is 0 Å². The first kappa shape index (κ1) is 14.2. The molecule has 1 heterocycles. The number of halogens is 1. The fourth-order valence-corrected chi connectivity index (χ4v) is 2.66. The maximum absolute atomic E-state index is 5.70. The molecule has 0 bridgehead atoms. The van der Waals surface area contributed by atoms with Gasteiger partial charge in [0.1, 0.15) is 0 Å². The number of aryl methyl sites for hydroxylation is 3. The van der Waals surface area contributed by atoms with E-state index in [-0.39, 0.29) is 6.04 Å². The monoisotopic (exact) mass is 322 g/mol.